The summed E-state index contributed by atoms with van der Waals surface area (Å²) in [5.41, 5.74) is 10.1. The van der Waals surface area contributed by atoms with Crippen molar-refractivity contribution in [2.45, 2.75) is 27.0 Å². The Bertz CT molecular complexity index is 521. The van der Waals surface area contributed by atoms with Crippen LogP contribution in [0.3, 0.4) is 0 Å². The molecule has 2 rings (SSSR count). The molecule has 0 saturated carbocycles. The molecule has 0 atom stereocenters. The average molecular weight is 242 g/mol. The van der Waals surface area contributed by atoms with E-state index < -0.39 is 0 Å². The van der Waals surface area contributed by atoms with Crippen LogP contribution in [0.25, 0.3) is 0 Å². The van der Waals surface area contributed by atoms with Crippen molar-refractivity contribution in [3.63, 3.8) is 0 Å². The fourth-order valence-electron chi connectivity index (χ4n) is 1.75. The smallest absolute Gasteiger partial charge is 0.138 e. The quantitative estimate of drug-likeness (QED) is 0.896. The van der Waals surface area contributed by atoms with E-state index in [0.717, 1.165) is 17.0 Å². The van der Waals surface area contributed by atoms with Crippen molar-refractivity contribution < 1.29 is 4.74 Å². The number of benzene rings is 1. The highest BCUT2D eigenvalue weighted by molar-refractivity contribution is 5.31. The molecule has 18 heavy (non-hydrogen) atoms. The molecule has 1 aromatic heterocycles. The zero-order valence-corrected chi connectivity index (χ0v) is 10.8. The number of aromatic nitrogens is 1. The van der Waals surface area contributed by atoms with Gasteiger partial charge in [-0.1, -0.05) is 18.2 Å². The van der Waals surface area contributed by atoms with Crippen molar-refractivity contribution in [3.8, 4) is 5.75 Å². The van der Waals surface area contributed by atoms with E-state index in [0.29, 0.717) is 13.2 Å². The molecule has 0 bridgehead atoms. The summed E-state index contributed by atoms with van der Waals surface area (Å²) in [6.07, 6.45) is 1.75. The van der Waals surface area contributed by atoms with Gasteiger partial charge in [0.1, 0.15) is 12.4 Å². The topological polar surface area (TPSA) is 48.1 Å². The third-order valence-corrected chi connectivity index (χ3v) is 2.92. The van der Waals surface area contributed by atoms with Crippen LogP contribution in [-0.4, -0.2) is 4.98 Å². The van der Waals surface area contributed by atoms with E-state index in [-0.39, 0.29) is 0 Å². The van der Waals surface area contributed by atoms with Gasteiger partial charge in [0, 0.05) is 12.2 Å². The van der Waals surface area contributed by atoms with Gasteiger partial charge >= 0.3 is 0 Å². The summed E-state index contributed by atoms with van der Waals surface area (Å²) >= 11 is 0. The van der Waals surface area contributed by atoms with Crippen LogP contribution in [0.5, 0.6) is 5.75 Å². The minimum atomic E-state index is 0.557. The predicted molar refractivity (Wildman–Crippen MR) is 72.4 cm³/mol. The van der Waals surface area contributed by atoms with Crippen molar-refractivity contribution in [3.05, 3.63) is 58.9 Å². The minimum absolute atomic E-state index is 0.557. The lowest BCUT2D eigenvalue weighted by Gasteiger charge is -2.09. The van der Waals surface area contributed by atoms with E-state index in [1.165, 1.54) is 11.1 Å². The second-order valence-corrected chi connectivity index (χ2v) is 4.39. The molecule has 0 radical (unpaired) electrons. The summed E-state index contributed by atoms with van der Waals surface area (Å²) in [5, 5.41) is 0. The van der Waals surface area contributed by atoms with E-state index in [4.69, 9.17) is 10.5 Å². The molecule has 1 aromatic carbocycles. The molecule has 0 fully saturated rings. The summed E-state index contributed by atoms with van der Waals surface area (Å²) in [6.45, 7) is 5.16. The maximum absolute atomic E-state index is 5.71. The standard InChI is InChI=1S/C15H18N2O/c1-11-7-13(8-16)4-5-14(11)10-18-15-6-3-12(2)17-9-15/h3-7,9H,8,10,16H2,1-2H3. The fourth-order valence-corrected chi connectivity index (χ4v) is 1.75. The van der Waals surface area contributed by atoms with Gasteiger partial charge in [-0.2, -0.15) is 0 Å². The molecule has 2 N–H and O–H groups in total. The third kappa shape index (κ3) is 3.08. The van der Waals surface area contributed by atoms with Crippen LogP contribution in [0, 0.1) is 13.8 Å². The van der Waals surface area contributed by atoms with E-state index in [1.807, 2.05) is 25.1 Å². The highest BCUT2D eigenvalue weighted by Crippen LogP contribution is 2.15. The lowest BCUT2D eigenvalue weighted by Crippen LogP contribution is -2.01. The van der Waals surface area contributed by atoms with Crippen LogP contribution < -0.4 is 10.5 Å². The highest BCUT2D eigenvalue weighted by atomic mass is 16.5. The number of ether oxygens (including phenoxy) is 1. The zero-order chi connectivity index (χ0) is 13.0. The average Bonchev–Trinajstić information content (AvgIpc) is 2.39. The van der Waals surface area contributed by atoms with Crippen molar-refractivity contribution >= 4 is 0 Å². The van der Waals surface area contributed by atoms with E-state index in [2.05, 4.69) is 24.0 Å². The lowest BCUT2D eigenvalue weighted by molar-refractivity contribution is 0.304. The van der Waals surface area contributed by atoms with Crippen molar-refractivity contribution in [1.82, 2.24) is 4.98 Å². The van der Waals surface area contributed by atoms with Gasteiger partial charge in [0.15, 0.2) is 0 Å². The van der Waals surface area contributed by atoms with Crippen LogP contribution >= 0.6 is 0 Å². The SMILES string of the molecule is Cc1ccc(OCc2ccc(CN)cc2C)cn1. The Balaban J connectivity index is 2.04. The molecule has 3 nitrogen and oxygen atoms in total. The monoisotopic (exact) mass is 242 g/mol. The molecule has 0 spiro atoms. The molecule has 0 aliphatic heterocycles. The Labute approximate surface area is 108 Å². The number of rotatable bonds is 4. The highest BCUT2D eigenvalue weighted by Gasteiger charge is 2.01. The van der Waals surface area contributed by atoms with Crippen LogP contribution in [0.4, 0.5) is 0 Å². The molecular weight excluding hydrogens is 224 g/mol. The first kappa shape index (κ1) is 12.6. The first-order chi connectivity index (χ1) is 8.69. The molecule has 0 amide bonds. The molecule has 3 heteroatoms. The van der Waals surface area contributed by atoms with Crippen LogP contribution in [-0.2, 0) is 13.2 Å². The fraction of sp³-hybridized carbons (Fsp3) is 0.267. The van der Waals surface area contributed by atoms with Gasteiger partial charge < -0.3 is 10.5 Å². The van der Waals surface area contributed by atoms with Crippen molar-refractivity contribution in [1.29, 1.82) is 0 Å². The molecule has 0 aliphatic rings. The van der Waals surface area contributed by atoms with E-state index in [9.17, 15) is 0 Å². The van der Waals surface area contributed by atoms with Gasteiger partial charge in [-0.15, -0.1) is 0 Å². The van der Waals surface area contributed by atoms with Gasteiger partial charge in [0.05, 0.1) is 6.20 Å². The molecule has 0 saturated heterocycles. The predicted octanol–water partition coefficient (Wildman–Crippen LogP) is 2.74. The number of nitrogens with two attached hydrogens (primary N) is 1. The molecule has 2 aromatic rings. The minimum Gasteiger partial charge on any atom is -0.487 e. The lowest BCUT2D eigenvalue weighted by atomic mass is 10.1. The van der Waals surface area contributed by atoms with Crippen molar-refractivity contribution in [2.75, 3.05) is 0 Å². The Morgan fingerprint density at radius 1 is 1.17 bits per heavy atom. The number of pyridine rings is 1. The number of hydrogen-bond acceptors (Lipinski definition) is 3. The summed E-state index contributed by atoms with van der Waals surface area (Å²) < 4.78 is 5.71. The second kappa shape index (κ2) is 5.65. The Morgan fingerprint density at radius 2 is 2.00 bits per heavy atom. The van der Waals surface area contributed by atoms with Gasteiger partial charge in [-0.05, 0) is 42.7 Å². The molecule has 94 valence electrons. The van der Waals surface area contributed by atoms with Gasteiger partial charge in [0.25, 0.3) is 0 Å². The number of hydrogen-bond donors (Lipinski definition) is 1. The van der Waals surface area contributed by atoms with Crippen LogP contribution in [0.15, 0.2) is 36.5 Å². The zero-order valence-electron chi connectivity index (χ0n) is 10.8. The maximum atomic E-state index is 5.71. The molecule has 0 unspecified atom stereocenters. The van der Waals surface area contributed by atoms with E-state index >= 15 is 0 Å². The third-order valence-electron chi connectivity index (χ3n) is 2.92. The summed E-state index contributed by atoms with van der Waals surface area (Å²) in [6, 6.07) is 10.1. The molecule has 1 heterocycles. The number of nitrogens with zero attached hydrogens (tertiary/aromatic N) is 1. The summed E-state index contributed by atoms with van der Waals surface area (Å²) in [7, 11) is 0. The first-order valence-corrected chi connectivity index (χ1v) is 6.03. The maximum Gasteiger partial charge on any atom is 0.138 e. The molecular formula is C15H18N2O. The van der Waals surface area contributed by atoms with Gasteiger partial charge in [-0.25, -0.2) is 0 Å². The largest absolute Gasteiger partial charge is 0.487 e. The van der Waals surface area contributed by atoms with Gasteiger partial charge in [0.2, 0.25) is 0 Å². The summed E-state index contributed by atoms with van der Waals surface area (Å²) in [5.74, 6) is 0.794. The normalized spacial score (nSPS) is 10.4. The Kier molecular flexibility index (Phi) is 3.95. The second-order valence-electron chi connectivity index (χ2n) is 4.39. The summed E-state index contributed by atoms with van der Waals surface area (Å²) in [4.78, 5) is 4.20. The first-order valence-electron chi connectivity index (χ1n) is 6.03. The molecule has 0 aliphatic carbocycles. The van der Waals surface area contributed by atoms with Crippen LogP contribution in [0.1, 0.15) is 22.4 Å². The van der Waals surface area contributed by atoms with Crippen molar-refractivity contribution in [2.24, 2.45) is 5.73 Å². The Hall–Kier alpha value is -1.87. The van der Waals surface area contributed by atoms with Crippen LogP contribution in [0.2, 0.25) is 0 Å². The van der Waals surface area contributed by atoms with E-state index in [1.54, 1.807) is 6.20 Å². The van der Waals surface area contributed by atoms with Gasteiger partial charge in [-0.3, -0.25) is 4.98 Å². The number of aryl methyl sites for hydroxylation is 2. The Morgan fingerprint density at radius 3 is 2.61 bits per heavy atom.